The number of aromatic nitrogens is 3. The summed E-state index contributed by atoms with van der Waals surface area (Å²) in [7, 11) is 1.92. The maximum Gasteiger partial charge on any atom is 0.194 e. The standard InChI is InChI=1S/C16H23N3OS/c1-16(2,3)12-7-9-13(10-8-12)20-11-5-6-14-17-18-15(21)19(14)4/h7-10H,5-6,11H2,1-4H3,(H,18,21). The van der Waals surface area contributed by atoms with Crippen molar-refractivity contribution in [2.45, 2.75) is 39.0 Å². The number of benzene rings is 1. The highest BCUT2D eigenvalue weighted by Gasteiger charge is 2.12. The van der Waals surface area contributed by atoms with Gasteiger partial charge >= 0.3 is 0 Å². The molecular formula is C16H23N3OS. The summed E-state index contributed by atoms with van der Waals surface area (Å²) >= 11 is 5.09. The van der Waals surface area contributed by atoms with Crippen LogP contribution in [-0.4, -0.2) is 21.4 Å². The average Bonchev–Trinajstić information content (AvgIpc) is 2.75. The molecule has 0 spiro atoms. The molecule has 0 aliphatic carbocycles. The van der Waals surface area contributed by atoms with Gasteiger partial charge in [0.05, 0.1) is 6.61 Å². The van der Waals surface area contributed by atoms with E-state index in [-0.39, 0.29) is 5.41 Å². The lowest BCUT2D eigenvalue weighted by Crippen LogP contribution is -2.10. The SMILES string of the molecule is Cn1c(CCCOc2ccc(C(C)(C)C)cc2)n[nH]c1=S. The summed E-state index contributed by atoms with van der Waals surface area (Å²) in [5.74, 6) is 1.88. The fraction of sp³-hybridized carbons (Fsp3) is 0.500. The Hall–Kier alpha value is -1.62. The van der Waals surface area contributed by atoms with Gasteiger partial charge in [-0.1, -0.05) is 32.9 Å². The summed E-state index contributed by atoms with van der Waals surface area (Å²) in [6.45, 7) is 7.30. The lowest BCUT2D eigenvalue weighted by molar-refractivity contribution is 0.309. The van der Waals surface area contributed by atoms with Crippen LogP contribution in [0.5, 0.6) is 5.75 Å². The van der Waals surface area contributed by atoms with E-state index in [0.717, 1.165) is 24.4 Å². The molecule has 0 fully saturated rings. The lowest BCUT2D eigenvalue weighted by atomic mass is 9.87. The summed E-state index contributed by atoms with van der Waals surface area (Å²) in [6, 6.07) is 8.34. The number of ether oxygens (including phenoxy) is 1. The first kappa shape index (κ1) is 15.8. The van der Waals surface area contributed by atoms with Gasteiger partial charge in [-0.2, -0.15) is 5.10 Å². The van der Waals surface area contributed by atoms with Crippen LogP contribution in [0.2, 0.25) is 0 Å². The highest BCUT2D eigenvalue weighted by molar-refractivity contribution is 7.71. The first-order valence-corrected chi connectivity index (χ1v) is 7.62. The Bertz CT molecular complexity index is 635. The van der Waals surface area contributed by atoms with Crippen molar-refractivity contribution in [3.05, 3.63) is 40.4 Å². The van der Waals surface area contributed by atoms with Crippen molar-refractivity contribution in [1.82, 2.24) is 14.8 Å². The van der Waals surface area contributed by atoms with Gasteiger partial charge in [0.25, 0.3) is 0 Å². The molecule has 0 saturated heterocycles. The third kappa shape index (κ3) is 4.17. The lowest BCUT2D eigenvalue weighted by Gasteiger charge is -2.19. The number of aromatic amines is 1. The zero-order valence-electron chi connectivity index (χ0n) is 13.1. The Morgan fingerprint density at radius 3 is 2.43 bits per heavy atom. The molecule has 0 aliphatic rings. The largest absolute Gasteiger partial charge is 0.494 e. The molecule has 114 valence electrons. The quantitative estimate of drug-likeness (QED) is 0.675. The summed E-state index contributed by atoms with van der Waals surface area (Å²) in [4.78, 5) is 0. The third-order valence-electron chi connectivity index (χ3n) is 3.51. The van der Waals surface area contributed by atoms with Gasteiger partial charge in [-0.05, 0) is 41.7 Å². The molecule has 1 aromatic heterocycles. The maximum absolute atomic E-state index is 5.77. The van der Waals surface area contributed by atoms with E-state index >= 15 is 0 Å². The van der Waals surface area contributed by atoms with Crippen LogP contribution in [0.25, 0.3) is 0 Å². The van der Waals surface area contributed by atoms with Gasteiger partial charge in [0.2, 0.25) is 0 Å². The topological polar surface area (TPSA) is 42.8 Å². The zero-order chi connectivity index (χ0) is 15.5. The van der Waals surface area contributed by atoms with Crippen molar-refractivity contribution in [2.24, 2.45) is 7.05 Å². The van der Waals surface area contributed by atoms with Crippen molar-refractivity contribution < 1.29 is 4.74 Å². The van der Waals surface area contributed by atoms with Gasteiger partial charge in [-0.25, -0.2) is 0 Å². The third-order valence-corrected chi connectivity index (χ3v) is 3.87. The van der Waals surface area contributed by atoms with Crippen molar-refractivity contribution in [3.8, 4) is 5.75 Å². The molecule has 2 aromatic rings. The van der Waals surface area contributed by atoms with E-state index in [4.69, 9.17) is 17.0 Å². The summed E-state index contributed by atoms with van der Waals surface area (Å²) in [6.07, 6.45) is 1.76. The van der Waals surface area contributed by atoms with E-state index in [9.17, 15) is 0 Å². The first-order valence-electron chi connectivity index (χ1n) is 7.21. The molecular weight excluding hydrogens is 282 g/mol. The van der Waals surface area contributed by atoms with Gasteiger partial charge in [0.1, 0.15) is 11.6 Å². The monoisotopic (exact) mass is 305 g/mol. The summed E-state index contributed by atoms with van der Waals surface area (Å²) in [5.41, 5.74) is 1.49. The molecule has 21 heavy (non-hydrogen) atoms. The van der Waals surface area contributed by atoms with Gasteiger partial charge < -0.3 is 9.30 Å². The molecule has 1 N–H and O–H groups in total. The minimum Gasteiger partial charge on any atom is -0.494 e. The number of nitrogens with one attached hydrogen (secondary N) is 1. The molecule has 0 aliphatic heterocycles. The predicted octanol–water partition coefficient (Wildman–Crippen LogP) is 3.79. The second kappa shape index (κ2) is 6.43. The Labute approximate surface area is 131 Å². The maximum atomic E-state index is 5.77. The molecule has 0 radical (unpaired) electrons. The van der Waals surface area contributed by atoms with E-state index in [2.05, 4.69) is 43.1 Å². The summed E-state index contributed by atoms with van der Waals surface area (Å²) < 4.78 is 8.32. The zero-order valence-corrected chi connectivity index (χ0v) is 14.0. The molecule has 0 amide bonds. The number of rotatable bonds is 5. The smallest absolute Gasteiger partial charge is 0.194 e. The fourth-order valence-electron chi connectivity index (χ4n) is 2.07. The van der Waals surface area contributed by atoms with Crippen LogP contribution >= 0.6 is 12.2 Å². The van der Waals surface area contributed by atoms with Gasteiger partial charge in [-0.3, -0.25) is 5.10 Å². The highest BCUT2D eigenvalue weighted by atomic mass is 32.1. The number of H-pyrrole nitrogens is 1. The van der Waals surface area contributed by atoms with Gasteiger partial charge in [0, 0.05) is 13.5 Å². The van der Waals surface area contributed by atoms with Gasteiger partial charge in [-0.15, -0.1) is 0 Å². The van der Waals surface area contributed by atoms with E-state index in [1.807, 2.05) is 23.7 Å². The van der Waals surface area contributed by atoms with Crippen LogP contribution in [0.3, 0.4) is 0 Å². The Morgan fingerprint density at radius 1 is 1.24 bits per heavy atom. The second-order valence-corrected chi connectivity index (χ2v) is 6.62. The molecule has 0 unspecified atom stereocenters. The second-order valence-electron chi connectivity index (χ2n) is 6.23. The Balaban J connectivity index is 1.81. The molecule has 0 bridgehead atoms. The predicted molar refractivity (Wildman–Crippen MR) is 87.4 cm³/mol. The van der Waals surface area contributed by atoms with Gasteiger partial charge in [0.15, 0.2) is 4.77 Å². The molecule has 4 nitrogen and oxygen atoms in total. The van der Waals surface area contributed by atoms with Crippen LogP contribution in [0.15, 0.2) is 24.3 Å². The van der Waals surface area contributed by atoms with Crippen LogP contribution in [0.4, 0.5) is 0 Å². The van der Waals surface area contributed by atoms with Crippen LogP contribution in [0.1, 0.15) is 38.6 Å². The van der Waals surface area contributed by atoms with Crippen molar-refractivity contribution >= 4 is 12.2 Å². The molecule has 1 heterocycles. The fourth-order valence-corrected chi connectivity index (χ4v) is 2.23. The minimum atomic E-state index is 0.176. The molecule has 2 rings (SSSR count). The number of hydrogen-bond donors (Lipinski definition) is 1. The normalized spacial score (nSPS) is 11.6. The average molecular weight is 305 g/mol. The molecule has 1 aromatic carbocycles. The van der Waals surface area contributed by atoms with Crippen molar-refractivity contribution in [2.75, 3.05) is 6.61 Å². The molecule has 5 heteroatoms. The number of aryl methyl sites for hydroxylation is 1. The van der Waals surface area contributed by atoms with Crippen molar-refractivity contribution in [3.63, 3.8) is 0 Å². The number of hydrogen-bond acceptors (Lipinski definition) is 3. The van der Waals surface area contributed by atoms with E-state index in [1.165, 1.54) is 5.56 Å². The van der Waals surface area contributed by atoms with E-state index in [1.54, 1.807) is 0 Å². The Morgan fingerprint density at radius 2 is 1.90 bits per heavy atom. The van der Waals surface area contributed by atoms with Crippen LogP contribution < -0.4 is 4.74 Å². The van der Waals surface area contributed by atoms with Crippen molar-refractivity contribution in [1.29, 1.82) is 0 Å². The van der Waals surface area contributed by atoms with E-state index < -0.39 is 0 Å². The molecule has 0 saturated carbocycles. The highest BCUT2D eigenvalue weighted by Crippen LogP contribution is 2.24. The Kier molecular flexibility index (Phi) is 4.83. The summed E-state index contributed by atoms with van der Waals surface area (Å²) in [5, 5.41) is 6.98. The van der Waals surface area contributed by atoms with E-state index in [0.29, 0.717) is 11.4 Å². The minimum absolute atomic E-state index is 0.176. The molecule has 0 atom stereocenters. The first-order chi connectivity index (χ1) is 9.88. The number of nitrogens with zero attached hydrogens (tertiary/aromatic N) is 2. The van der Waals surface area contributed by atoms with Crippen LogP contribution in [0, 0.1) is 4.77 Å². The van der Waals surface area contributed by atoms with Crippen LogP contribution in [-0.2, 0) is 18.9 Å².